The van der Waals surface area contributed by atoms with E-state index in [0.29, 0.717) is 12.1 Å². The minimum Gasteiger partial charge on any atom is -0.264 e. The number of benzene rings is 1. The highest BCUT2D eigenvalue weighted by Gasteiger charge is 2.35. The molecule has 0 bridgehead atoms. The first-order chi connectivity index (χ1) is 8.14. The number of halogens is 3. The Morgan fingerprint density at radius 1 is 1.22 bits per heavy atom. The third kappa shape index (κ3) is 2.73. The second-order valence-electron chi connectivity index (χ2n) is 3.49. The zero-order valence-electron chi connectivity index (χ0n) is 8.97. The number of rotatable bonds is 3. The zero-order valence-corrected chi connectivity index (χ0v) is 8.97. The smallest absolute Gasteiger partial charge is 0.264 e. The van der Waals surface area contributed by atoms with Crippen molar-refractivity contribution in [1.29, 1.82) is 0 Å². The molecule has 1 unspecified atom stereocenters. The maximum absolute atomic E-state index is 12.4. The maximum Gasteiger partial charge on any atom is 0.416 e. The molecular weight excluding hydrogens is 257 g/mol. The third-order valence-corrected chi connectivity index (χ3v) is 2.32. The summed E-state index contributed by atoms with van der Waals surface area (Å²) >= 11 is 0. The predicted octanol–water partition coefficient (Wildman–Crippen LogP) is 2.95. The lowest BCUT2D eigenvalue weighted by Gasteiger charge is -2.09. The monoisotopic (exact) mass is 264 g/mol. The van der Waals surface area contributed by atoms with Crippen LogP contribution in [0.25, 0.3) is 0 Å². The summed E-state index contributed by atoms with van der Waals surface area (Å²) in [7, 11) is 0. The molecule has 0 aliphatic carbocycles. The highest BCUT2D eigenvalue weighted by Crippen LogP contribution is 2.35. The van der Waals surface area contributed by atoms with Gasteiger partial charge in [-0.1, -0.05) is 0 Å². The van der Waals surface area contributed by atoms with Gasteiger partial charge in [-0.25, -0.2) is 0 Å². The van der Waals surface area contributed by atoms with Crippen LogP contribution in [0, 0.1) is 20.2 Å². The van der Waals surface area contributed by atoms with Crippen LogP contribution in [0.4, 0.5) is 18.9 Å². The Morgan fingerprint density at radius 2 is 1.78 bits per heavy atom. The van der Waals surface area contributed by atoms with Crippen molar-refractivity contribution in [2.45, 2.75) is 19.1 Å². The summed E-state index contributed by atoms with van der Waals surface area (Å²) in [6.45, 7) is 1.07. The van der Waals surface area contributed by atoms with Gasteiger partial charge < -0.3 is 0 Å². The van der Waals surface area contributed by atoms with Gasteiger partial charge in [-0.3, -0.25) is 20.2 Å². The van der Waals surface area contributed by atoms with Crippen LogP contribution in [0.2, 0.25) is 0 Å². The van der Waals surface area contributed by atoms with Gasteiger partial charge in [0.1, 0.15) is 5.56 Å². The quantitative estimate of drug-likeness (QED) is 0.620. The molecule has 0 aliphatic heterocycles. The van der Waals surface area contributed by atoms with Crippen molar-refractivity contribution < 1.29 is 23.0 Å². The minimum atomic E-state index is -4.73. The van der Waals surface area contributed by atoms with Gasteiger partial charge in [0.25, 0.3) is 5.69 Å². The third-order valence-electron chi connectivity index (χ3n) is 2.32. The molecule has 9 heteroatoms. The first kappa shape index (κ1) is 13.9. The van der Waals surface area contributed by atoms with Crippen LogP contribution in [-0.2, 0) is 6.18 Å². The summed E-state index contributed by atoms with van der Waals surface area (Å²) in [5, 5.41) is 21.2. The topological polar surface area (TPSA) is 86.3 Å². The molecule has 18 heavy (non-hydrogen) atoms. The molecule has 1 aromatic carbocycles. The molecule has 0 amide bonds. The maximum atomic E-state index is 12.4. The molecule has 0 radical (unpaired) electrons. The van der Waals surface area contributed by atoms with E-state index in [1.54, 1.807) is 0 Å². The zero-order chi connectivity index (χ0) is 14.1. The Morgan fingerprint density at radius 3 is 2.17 bits per heavy atom. The predicted molar refractivity (Wildman–Crippen MR) is 53.5 cm³/mol. The number of nitro benzene ring substituents is 1. The summed E-state index contributed by atoms with van der Waals surface area (Å²) in [5.74, 6) is 0. The standard InChI is InChI=1S/C9H7F3N2O4/c1-5(13(15)16)7-3-2-6(9(10,11)12)4-8(7)14(17)18/h2-5H,1H3. The van der Waals surface area contributed by atoms with E-state index in [0.717, 1.165) is 13.0 Å². The van der Waals surface area contributed by atoms with Crippen LogP contribution in [0.1, 0.15) is 24.1 Å². The van der Waals surface area contributed by atoms with Gasteiger partial charge in [0.2, 0.25) is 6.04 Å². The Labute approximate surface area is 98.3 Å². The van der Waals surface area contributed by atoms with Crippen molar-refractivity contribution >= 4 is 5.69 Å². The van der Waals surface area contributed by atoms with E-state index >= 15 is 0 Å². The van der Waals surface area contributed by atoms with Crippen molar-refractivity contribution in [1.82, 2.24) is 0 Å². The van der Waals surface area contributed by atoms with Crippen molar-refractivity contribution in [3.05, 3.63) is 49.6 Å². The SMILES string of the molecule is CC(c1ccc(C(F)(F)F)cc1[N+](=O)[O-])[N+](=O)[O-]. The summed E-state index contributed by atoms with van der Waals surface area (Å²) in [4.78, 5) is 19.3. The van der Waals surface area contributed by atoms with Gasteiger partial charge in [0.05, 0.1) is 10.5 Å². The number of nitrogens with zero attached hydrogens (tertiary/aromatic N) is 2. The van der Waals surface area contributed by atoms with Crippen LogP contribution in [0.15, 0.2) is 18.2 Å². The van der Waals surface area contributed by atoms with Crippen molar-refractivity contribution in [3.63, 3.8) is 0 Å². The van der Waals surface area contributed by atoms with E-state index in [2.05, 4.69) is 0 Å². The molecule has 1 rings (SSSR count). The fourth-order valence-electron chi connectivity index (χ4n) is 1.34. The molecule has 0 heterocycles. The number of hydrogen-bond donors (Lipinski definition) is 0. The molecule has 0 fully saturated rings. The molecule has 0 spiro atoms. The summed E-state index contributed by atoms with van der Waals surface area (Å²) in [6, 6.07) is 0.194. The number of nitro groups is 2. The lowest BCUT2D eigenvalue weighted by Crippen LogP contribution is -2.11. The molecule has 0 saturated carbocycles. The van der Waals surface area contributed by atoms with E-state index in [1.807, 2.05) is 0 Å². The first-order valence-corrected chi connectivity index (χ1v) is 4.63. The minimum absolute atomic E-state index is 0.301. The largest absolute Gasteiger partial charge is 0.416 e. The molecule has 1 aromatic rings. The average Bonchev–Trinajstić information content (AvgIpc) is 2.25. The van der Waals surface area contributed by atoms with Gasteiger partial charge in [-0.2, -0.15) is 13.2 Å². The second kappa shape index (κ2) is 4.59. The number of hydrogen-bond acceptors (Lipinski definition) is 4. The molecule has 1 atom stereocenters. The highest BCUT2D eigenvalue weighted by atomic mass is 19.4. The average molecular weight is 264 g/mol. The summed E-state index contributed by atoms with van der Waals surface area (Å²) in [5.41, 5.74) is -2.49. The van der Waals surface area contributed by atoms with Crippen molar-refractivity contribution in [2.75, 3.05) is 0 Å². The fourth-order valence-corrected chi connectivity index (χ4v) is 1.34. The van der Waals surface area contributed by atoms with E-state index < -0.39 is 33.3 Å². The Balaban J connectivity index is 3.39. The highest BCUT2D eigenvalue weighted by molar-refractivity contribution is 5.45. The van der Waals surface area contributed by atoms with Crippen molar-refractivity contribution in [2.24, 2.45) is 0 Å². The lowest BCUT2D eigenvalue weighted by atomic mass is 10.0. The normalized spacial score (nSPS) is 13.1. The lowest BCUT2D eigenvalue weighted by molar-refractivity contribution is -0.525. The van der Waals surface area contributed by atoms with Gasteiger partial charge >= 0.3 is 6.18 Å². The van der Waals surface area contributed by atoms with E-state index in [4.69, 9.17) is 0 Å². The van der Waals surface area contributed by atoms with Gasteiger partial charge in [-0.15, -0.1) is 0 Å². The Bertz CT molecular complexity index is 501. The second-order valence-corrected chi connectivity index (χ2v) is 3.49. The first-order valence-electron chi connectivity index (χ1n) is 4.63. The van der Waals surface area contributed by atoms with Crippen molar-refractivity contribution in [3.8, 4) is 0 Å². The fraction of sp³-hybridized carbons (Fsp3) is 0.333. The van der Waals surface area contributed by atoms with Gasteiger partial charge in [0, 0.05) is 17.9 Å². The van der Waals surface area contributed by atoms with Crippen LogP contribution in [-0.4, -0.2) is 9.85 Å². The van der Waals surface area contributed by atoms with Gasteiger partial charge in [-0.05, 0) is 12.1 Å². The molecule has 0 saturated heterocycles. The van der Waals surface area contributed by atoms with Crippen LogP contribution in [0.3, 0.4) is 0 Å². The molecule has 0 aromatic heterocycles. The number of alkyl halides is 3. The van der Waals surface area contributed by atoms with E-state index in [9.17, 15) is 33.4 Å². The molecule has 98 valence electrons. The Kier molecular flexibility index (Phi) is 3.54. The van der Waals surface area contributed by atoms with Crippen LogP contribution < -0.4 is 0 Å². The molecule has 0 N–H and O–H groups in total. The van der Waals surface area contributed by atoms with E-state index in [1.165, 1.54) is 0 Å². The Hall–Kier alpha value is -2.19. The van der Waals surface area contributed by atoms with E-state index in [-0.39, 0.29) is 5.56 Å². The summed E-state index contributed by atoms with van der Waals surface area (Å²) in [6.07, 6.45) is -4.73. The van der Waals surface area contributed by atoms with Crippen LogP contribution >= 0.6 is 0 Å². The molecule has 6 nitrogen and oxygen atoms in total. The summed E-state index contributed by atoms with van der Waals surface area (Å²) < 4.78 is 37.1. The van der Waals surface area contributed by atoms with Gasteiger partial charge in [0.15, 0.2) is 0 Å². The molecule has 0 aliphatic rings. The van der Waals surface area contributed by atoms with Crippen LogP contribution in [0.5, 0.6) is 0 Å². The molecular formula is C9H7F3N2O4.